The molecular weight excluding hydrogens is 360 g/mol. The lowest BCUT2D eigenvalue weighted by atomic mass is 9.89. The lowest BCUT2D eigenvalue weighted by Crippen LogP contribution is -2.38. The highest BCUT2D eigenvalue weighted by Gasteiger charge is 2.27. The summed E-state index contributed by atoms with van der Waals surface area (Å²) in [5.74, 6) is 0.475. The number of hydrogen-bond donors (Lipinski definition) is 2. The molecule has 0 atom stereocenters. The highest BCUT2D eigenvalue weighted by atomic mass is 16.2. The summed E-state index contributed by atoms with van der Waals surface area (Å²) in [4.78, 5) is 18.2. The van der Waals surface area contributed by atoms with E-state index in [4.69, 9.17) is 0 Å². The van der Waals surface area contributed by atoms with Crippen LogP contribution in [0.3, 0.4) is 0 Å². The Balaban J connectivity index is 1.31. The summed E-state index contributed by atoms with van der Waals surface area (Å²) >= 11 is 0. The third-order valence-corrected chi connectivity index (χ3v) is 5.95. The minimum absolute atomic E-state index is 0.0863. The van der Waals surface area contributed by atoms with Crippen LogP contribution in [0.2, 0.25) is 0 Å². The molecular formula is C24H24N4O. The molecule has 1 aliphatic rings. The molecule has 29 heavy (non-hydrogen) atoms. The molecule has 146 valence electrons. The molecule has 1 saturated heterocycles. The van der Waals surface area contributed by atoms with Gasteiger partial charge in [0.1, 0.15) is 5.69 Å². The maximum absolute atomic E-state index is 13.0. The minimum Gasteiger partial charge on any atom is -0.351 e. The summed E-state index contributed by atoms with van der Waals surface area (Å²) in [6, 6.07) is 18.5. The van der Waals surface area contributed by atoms with Crippen molar-refractivity contribution in [3.05, 3.63) is 77.7 Å². The number of para-hydroxylation sites is 1. The smallest absolute Gasteiger partial charge is 0.270 e. The number of carbonyl (C=O) groups is 1. The lowest BCUT2D eigenvalue weighted by molar-refractivity contribution is 0.0707. The van der Waals surface area contributed by atoms with Crippen LogP contribution in [-0.4, -0.2) is 39.1 Å². The van der Waals surface area contributed by atoms with Crippen LogP contribution < -0.4 is 0 Å². The second kappa shape index (κ2) is 7.24. The number of piperidine rings is 1. The molecule has 1 fully saturated rings. The van der Waals surface area contributed by atoms with Crippen molar-refractivity contribution in [2.45, 2.75) is 25.7 Å². The fourth-order valence-corrected chi connectivity index (χ4v) is 4.38. The Kier molecular flexibility index (Phi) is 4.43. The van der Waals surface area contributed by atoms with Gasteiger partial charge in [-0.1, -0.05) is 48.0 Å². The molecule has 0 bridgehead atoms. The zero-order valence-corrected chi connectivity index (χ0v) is 16.5. The fraction of sp³-hybridized carbons (Fsp3) is 0.250. The summed E-state index contributed by atoms with van der Waals surface area (Å²) < 4.78 is 0. The number of carbonyl (C=O) groups excluding carboxylic acids is 1. The van der Waals surface area contributed by atoms with Gasteiger partial charge in [0, 0.05) is 41.2 Å². The minimum atomic E-state index is 0.0863. The average Bonchev–Trinajstić information content (AvgIpc) is 3.40. The predicted molar refractivity (Wildman–Crippen MR) is 115 cm³/mol. The average molecular weight is 384 g/mol. The number of likely N-dealkylation sites (tertiary alicyclic amines) is 1. The molecule has 2 aromatic heterocycles. The van der Waals surface area contributed by atoms with Gasteiger partial charge >= 0.3 is 0 Å². The van der Waals surface area contributed by atoms with E-state index in [9.17, 15) is 4.79 Å². The van der Waals surface area contributed by atoms with Crippen molar-refractivity contribution in [3.8, 4) is 11.1 Å². The van der Waals surface area contributed by atoms with Crippen molar-refractivity contribution >= 4 is 16.8 Å². The summed E-state index contributed by atoms with van der Waals surface area (Å²) in [6.45, 7) is 3.62. The van der Waals surface area contributed by atoms with Gasteiger partial charge in [0.25, 0.3) is 5.91 Å². The summed E-state index contributed by atoms with van der Waals surface area (Å²) in [5, 5.41) is 8.62. The second-order valence-electron chi connectivity index (χ2n) is 7.90. The SMILES string of the molecule is Cc1cccc(-c2cn[nH]c2C2CCN(C(=O)c3cc4ccccc4[nH]3)CC2)c1. The van der Waals surface area contributed by atoms with E-state index in [1.807, 2.05) is 41.4 Å². The van der Waals surface area contributed by atoms with E-state index in [-0.39, 0.29) is 5.91 Å². The Morgan fingerprint density at radius 3 is 2.69 bits per heavy atom. The molecule has 1 aliphatic heterocycles. The van der Waals surface area contributed by atoms with Crippen LogP contribution in [0.1, 0.15) is 40.5 Å². The lowest BCUT2D eigenvalue weighted by Gasteiger charge is -2.31. The van der Waals surface area contributed by atoms with Gasteiger partial charge in [0.05, 0.1) is 6.20 Å². The maximum atomic E-state index is 13.0. The molecule has 4 aromatic rings. The number of nitrogens with zero attached hydrogens (tertiary/aromatic N) is 2. The quantitative estimate of drug-likeness (QED) is 0.528. The standard InChI is InChI=1S/C24H24N4O/c1-16-5-4-7-18(13-16)20-15-25-27-23(20)17-9-11-28(12-10-17)24(29)22-14-19-6-2-3-8-21(19)26-22/h2-8,13-15,17,26H,9-12H2,1H3,(H,25,27). The number of aromatic amines is 2. The van der Waals surface area contributed by atoms with Crippen LogP contribution in [0.25, 0.3) is 22.0 Å². The first kappa shape index (κ1) is 17.7. The largest absolute Gasteiger partial charge is 0.351 e. The van der Waals surface area contributed by atoms with Crippen molar-refractivity contribution < 1.29 is 4.79 Å². The van der Waals surface area contributed by atoms with E-state index < -0.39 is 0 Å². The summed E-state index contributed by atoms with van der Waals surface area (Å²) in [5.41, 5.74) is 6.48. The van der Waals surface area contributed by atoms with E-state index in [0.29, 0.717) is 11.6 Å². The molecule has 1 amide bonds. The maximum Gasteiger partial charge on any atom is 0.270 e. The first-order valence-electron chi connectivity index (χ1n) is 10.2. The van der Waals surface area contributed by atoms with Crippen molar-refractivity contribution in [1.82, 2.24) is 20.1 Å². The Bertz CT molecular complexity index is 1130. The van der Waals surface area contributed by atoms with Gasteiger partial charge in [-0.2, -0.15) is 5.10 Å². The number of hydrogen-bond acceptors (Lipinski definition) is 2. The molecule has 5 rings (SSSR count). The van der Waals surface area contributed by atoms with Crippen LogP contribution in [0.5, 0.6) is 0 Å². The number of nitrogens with one attached hydrogen (secondary N) is 2. The van der Waals surface area contributed by atoms with Gasteiger partial charge in [0.2, 0.25) is 0 Å². The predicted octanol–water partition coefficient (Wildman–Crippen LogP) is 4.89. The molecule has 0 unspecified atom stereocenters. The Morgan fingerprint density at radius 2 is 1.90 bits per heavy atom. The first-order chi connectivity index (χ1) is 14.2. The zero-order chi connectivity index (χ0) is 19.8. The van der Waals surface area contributed by atoms with Gasteiger partial charge < -0.3 is 9.88 Å². The van der Waals surface area contributed by atoms with E-state index in [2.05, 4.69) is 46.4 Å². The number of rotatable bonds is 3. The highest BCUT2D eigenvalue weighted by molar-refractivity contribution is 5.98. The van der Waals surface area contributed by atoms with Crippen LogP contribution in [0.15, 0.2) is 60.8 Å². The molecule has 0 radical (unpaired) electrons. The number of fused-ring (bicyclic) bond motifs is 1. The molecule has 2 aromatic carbocycles. The van der Waals surface area contributed by atoms with Gasteiger partial charge in [-0.05, 0) is 37.5 Å². The molecule has 0 spiro atoms. The molecule has 0 saturated carbocycles. The van der Waals surface area contributed by atoms with Crippen molar-refractivity contribution in [2.75, 3.05) is 13.1 Å². The highest BCUT2D eigenvalue weighted by Crippen LogP contribution is 2.34. The number of aromatic nitrogens is 3. The summed E-state index contributed by atoms with van der Waals surface area (Å²) in [6.07, 6.45) is 3.80. The van der Waals surface area contributed by atoms with Crippen LogP contribution >= 0.6 is 0 Å². The van der Waals surface area contributed by atoms with Crippen LogP contribution in [0, 0.1) is 6.92 Å². The topological polar surface area (TPSA) is 64.8 Å². The molecule has 3 heterocycles. The number of amides is 1. The normalized spacial score (nSPS) is 15.1. The van der Waals surface area contributed by atoms with Gasteiger partial charge in [0.15, 0.2) is 0 Å². The third kappa shape index (κ3) is 3.33. The van der Waals surface area contributed by atoms with Crippen molar-refractivity contribution in [1.29, 1.82) is 0 Å². The monoisotopic (exact) mass is 384 g/mol. The van der Waals surface area contributed by atoms with Crippen molar-refractivity contribution in [3.63, 3.8) is 0 Å². The molecule has 5 nitrogen and oxygen atoms in total. The van der Waals surface area contributed by atoms with Gasteiger partial charge in [-0.15, -0.1) is 0 Å². The zero-order valence-electron chi connectivity index (χ0n) is 16.5. The Hall–Kier alpha value is -3.34. The molecule has 2 N–H and O–H groups in total. The number of benzene rings is 2. The van der Waals surface area contributed by atoms with Crippen LogP contribution in [0.4, 0.5) is 0 Å². The Labute approximate surface area is 169 Å². The Morgan fingerprint density at radius 1 is 1.07 bits per heavy atom. The number of aryl methyl sites for hydroxylation is 1. The fourth-order valence-electron chi connectivity index (χ4n) is 4.38. The van der Waals surface area contributed by atoms with Gasteiger partial charge in [-0.3, -0.25) is 9.89 Å². The van der Waals surface area contributed by atoms with E-state index in [1.165, 1.54) is 22.4 Å². The summed E-state index contributed by atoms with van der Waals surface area (Å²) in [7, 11) is 0. The van der Waals surface area contributed by atoms with E-state index >= 15 is 0 Å². The molecule has 5 heteroatoms. The van der Waals surface area contributed by atoms with Gasteiger partial charge in [-0.25, -0.2) is 0 Å². The van der Waals surface area contributed by atoms with E-state index in [1.54, 1.807) is 0 Å². The van der Waals surface area contributed by atoms with E-state index in [0.717, 1.165) is 36.8 Å². The van der Waals surface area contributed by atoms with Crippen LogP contribution in [-0.2, 0) is 0 Å². The van der Waals surface area contributed by atoms with Crippen molar-refractivity contribution in [2.24, 2.45) is 0 Å². The second-order valence-corrected chi connectivity index (χ2v) is 7.90. The molecule has 0 aliphatic carbocycles. The third-order valence-electron chi connectivity index (χ3n) is 5.95. The number of H-pyrrole nitrogens is 2. The first-order valence-corrected chi connectivity index (χ1v) is 10.2.